The quantitative estimate of drug-likeness (QED) is 0.402. The van der Waals surface area contributed by atoms with E-state index in [1.807, 2.05) is 0 Å². The number of anilines is 1. The van der Waals surface area contributed by atoms with Crippen LogP contribution in [0.1, 0.15) is 56.4 Å². The van der Waals surface area contributed by atoms with Crippen molar-refractivity contribution in [1.82, 2.24) is 15.2 Å². The van der Waals surface area contributed by atoms with E-state index in [0.29, 0.717) is 24.1 Å². The molecule has 49 heavy (non-hydrogen) atoms. The molecule has 262 valence electrons. The van der Waals surface area contributed by atoms with Gasteiger partial charge in [-0.25, -0.2) is 19.0 Å². The number of allylic oxidation sites excluding steroid dienone is 2. The molecule has 2 bridgehead atoms. The lowest BCUT2D eigenvalue weighted by atomic mass is 9.93. The second-order valence-corrected chi connectivity index (χ2v) is 12.2. The second kappa shape index (κ2) is 17.3. The number of carbonyl (C=O) groups is 5. The van der Waals surface area contributed by atoms with Crippen molar-refractivity contribution >= 4 is 35.3 Å². The fraction of sp³-hybridized carbons (Fsp3) is 0.429. The number of hydrogen-bond acceptors (Lipinski definition) is 10. The summed E-state index contributed by atoms with van der Waals surface area (Å²) in [4.78, 5) is 70.1. The molecule has 3 amide bonds. The molecule has 2 aliphatic heterocycles. The zero-order valence-electron chi connectivity index (χ0n) is 27.6. The molecule has 0 aliphatic carbocycles. The molecule has 0 spiro atoms. The van der Waals surface area contributed by atoms with Crippen molar-refractivity contribution in [3.8, 4) is 0 Å². The molecule has 2 aromatic rings. The van der Waals surface area contributed by atoms with E-state index in [4.69, 9.17) is 13.9 Å². The number of aliphatic hydroxyl groups is 1. The second-order valence-electron chi connectivity index (χ2n) is 12.2. The van der Waals surface area contributed by atoms with Crippen molar-refractivity contribution in [2.24, 2.45) is 11.8 Å². The molecule has 1 aromatic carbocycles. The van der Waals surface area contributed by atoms with Crippen LogP contribution in [0, 0.1) is 17.7 Å². The first-order valence-corrected chi connectivity index (χ1v) is 16.1. The number of halogens is 1. The third kappa shape index (κ3) is 11.0. The van der Waals surface area contributed by atoms with Gasteiger partial charge in [0.2, 0.25) is 11.8 Å². The van der Waals surface area contributed by atoms with Gasteiger partial charge in [-0.2, -0.15) is 0 Å². The van der Waals surface area contributed by atoms with Crippen LogP contribution in [0.5, 0.6) is 0 Å². The number of cyclic esters (lactones) is 1. The Morgan fingerprint density at radius 2 is 1.96 bits per heavy atom. The number of aliphatic hydroxyl groups excluding tert-OH is 1. The van der Waals surface area contributed by atoms with Gasteiger partial charge in [0.25, 0.3) is 5.91 Å². The number of nitrogens with zero attached hydrogens (tertiary/aromatic N) is 2. The fourth-order valence-electron chi connectivity index (χ4n) is 5.54. The molecule has 1 fully saturated rings. The Bertz CT molecular complexity index is 1600. The van der Waals surface area contributed by atoms with Crippen LogP contribution in [0.15, 0.2) is 70.9 Å². The lowest BCUT2D eigenvalue weighted by Gasteiger charge is -2.30. The summed E-state index contributed by atoms with van der Waals surface area (Å²) >= 11 is 0. The molecule has 4 rings (SSSR count). The van der Waals surface area contributed by atoms with Crippen molar-refractivity contribution in [2.45, 2.75) is 64.7 Å². The van der Waals surface area contributed by atoms with E-state index in [9.17, 15) is 33.5 Å². The average molecular weight is 681 g/mol. The van der Waals surface area contributed by atoms with Crippen LogP contribution in [0.25, 0.3) is 0 Å². The minimum absolute atomic E-state index is 0.00608. The molecule has 0 unspecified atom stereocenters. The Kier molecular flexibility index (Phi) is 13.0. The number of ether oxygens (including phenoxy) is 2. The van der Waals surface area contributed by atoms with Gasteiger partial charge in [-0.3, -0.25) is 19.7 Å². The zero-order valence-corrected chi connectivity index (χ0v) is 27.6. The van der Waals surface area contributed by atoms with Gasteiger partial charge in [0.1, 0.15) is 30.0 Å². The predicted molar refractivity (Wildman–Crippen MR) is 175 cm³/mol. The number of ketones is 1. The van der Waals surface area contributed by atoms with Gasteiger partial charge >= 0.3 is 12.1 Å². The standard InChI is InChI=1S/C35H41FN4O9/c1-21-6-4-14-37-30(43)13-8-22(2)32(23(3)19-48-35(46)38-25-11-9-24(36)10-12-25)49-34(45)29-7-5-15-40(29)33(44)28-20-47-31(39-28)18-27(42)17-26(41)16-21/h4,6,8-13,16,20,22-23,26,29,32,41H,5,7,14-15,17-19H2,1-3H3,(H,37,43)(H,38,46)/b6-4+,13-8+,21-16+/t22-,23+,26-,29-,32+/m1/s1. The maximum Gasteiger partial charge on any atom is 0.411 e. The van der Waals surface area contributed by atoms with Crippen molar-refractivity contribution < 1.29 is 47.4 Å². The van der Waals surface area contributed by atoms with E-state index in [-0.39, 0.29) is 49.9 Å². The number of carbonyl (C=O) groups excluding carboxylic acids is 5. The van der Waals surface area contributed by atoms with E-state index in [0.717, 1.165) is 6.26 Å². The highest BCUT2D eigenvalue weighted by molar-refractivity contribution is 5.95. The van der Waals surface area contributed by atoms with Gasteiger partial charge in [0, 0.05) is 37.0 Å². The van der Waals surface area contributed by atoms with Gasteiger partial charge in [-0.15, -0.1) is 0 Å². The van der Waals surface area contributed by atoms with Crippen molar-refractivity contribution in [2.75, 3.05) is 25.0 Å². The minimum Gasteiger partial charge on any atom is -0.460 e. The maximum absolute atomic E-state index is 13.6. The monoisotopic (exact) mass is 680 g/mol. The molecule has 0 saturated carbocycles. The van der Waals surface area contributed by atoms with Crippen LogP contribution in [0.3, 0.4) is 0 Å². The number of benzene rings is 1. The lowest BCUT2D eigenvalue weighted by molar-refractivity contribution is -0.159. The predicted octanol–water partition coefficient (Wildman–Crippen LogP) is 3.90. The first-order valence-electron chi connectivity index (χ1n) is 16.1. The molecule has 0 radical (unpaired) electrons. The normalized spacial score (nSPS) is 26.0. The number of aromatic nitrogens is 1. The molecule has 14 heteroatoms. The number of amides is 3. The topological polar surface area (TPSA) is 177 Å². The lowest BCUT2D eigenvalue weighted by Crippen LogP contribution is -2.44. The van der Waals surface area contributed by atoms with Crippen LogP contribution < -0.4 is 10.6 Å². The molecule has 1 saturated heterocycles. The summed E-state index contributed by atoms with van der Waals surface area (Å²) in [5.41, 5.74) is 0.927. The van der Waals surface area contributed by atoms with E-state index in [1.54, 1.807) is 39.0 Å². The van der Waals surface area contributed by atoms with Crippen LogP contribution in [0.2, 0.25) is 0 Å². The van der Waals surface area contributed by atoms with Crippen LogP contribution in [0.4, 0.5) is 14.9 Å². The largest absolute Gasteiger partial charge is 0.460 e. The molecule has 13 nitrogen and oxygen atoms in total. The van der Waals surface area contributed by atoms with Gasteiger partial charge in [0.05, 0.1) is 19.1 Å². The van der Waals surface area contributed by atoms with Crippen LogP contribution in [-0.4, -0.2) is 82.6 Å². The molecule has 5 atom stereocenters. The summed E-state index contributed by atoms with van der Waals surface area (Å²) in [5.74, 6) is -3.55. The summed E-state index contributed by atoms with van der Waals surface area (Å²) in [5, 5.41) is 15.6. The zero-order chi connectivity index (χ0) is 35.5. The minimum atomic E-state index is -1.06. The number of Topliss-reactive ketones (excluding diaryl/α,β-unsaturated/α-hetero) is 1. The van der Waals surface area contributed by atoms with E-state index < -0.39 is 59.8 Å². The Hall–Kier alpha value is -5.11. The Labute approximate surface area is 283 Å². The highest BCUT2D eigenvalue weighted by Crippen LogP contribution is 2.26. The summed E-state index contributed by atoms with van der Waals surface area (Å²) in [7, 11) is 0. The van der Waals surface area contributed by atoms with Crippen molar-refractivity contribution in [3.05, 3.63) is 83.9 Å². The molecule has 2 aliphatic rings. The Morgan fingerprint density at radius 3 is 2.71 bits per heavy atom. The molecule has 3 heterocycles. The van der Waals surface area contributed by atoms with Gasteiger partial charge in [0.15, 0.2) is 5.69 Å². The first-order chi connectivity index (χ1) is 23.4. The van der Waals surface area contributed by atoms with Gasteiger partial charge in [-0.05, 0) is 50.1 Å². The number of rotatable bonds is 4. The first kappa shape index (κ1) is 36.7. The SMILES string of the molecule is CC1=C\[C@@H](O)CC(=O)Cc2nc(co2)C(=O)N2CCC[C@@H]2C(=O)O[C@H]([C@@H](C)COC(=O)Nc2ccc(F)cc2)[C@H](C)/C=C/C(=O)NC\C=C\1. The summed E-state index contributed by atoms with van der Waals surface area (Å²) in [6.45, 7) is 5.47. The summed E-state index contributed by atoms with van der Waals surface area (Å²) < 4.78 is 30.0. The van der Waals surface area contributed by atoms with Crippen LogP contribution >= 0.6 is 0 Å². The van der Waals surface area contributed by atoms with Gasteiger partial charge in [-0.1, -0.05) is 43.7 Å². The Balaban J connectivity index is 1.54. The van der Waals surface area contributed by atoms with E-state index in [2.05, 4.69) is 15.6 Å². The number of hydrogen-bond donors (Lipinski definition) is 3. The number of esters is 1. The van der Waals surface area contributed by atoms with Gasteiger partial charge < -0.3 is 29.2 Å². The Morgan fingerprint density at radius 1 is 1.20 bits per heavy atom. The smallest absolute Gasteiger partial charge is 0.411 e. The number of fused-ring (bicyclic) bond motifs is 3. The van der Waals surface area contributed by atoms with Crippen molar-refractivity contribution in [1.29, 1.82) is 0 Å². The van der Waals surface area contributed by atoms with E-state index in [1.165, 1.54) is 41.3 Å². The average Bonchev–Trinajstić information content (AvgIpc) is 3.74. The highest BCUT2D eigenvalue weighted by Gasteiger charge is 2.39. The summed E-state index contributed by atoms with van der Waals surface area (Å²) in [6.07, 6.45) is 6.60. The molecule has 1 aromatic heterocycles. The number of oxazole rings is 1. The fourth-order valence-corrected chi connectivity index (χ4v) is 5.54. The third-order valence-corrected chi connectivity index (χ3v) is 8.02. The van der Waals surface area contributed by atoms with E-state index >= 15 is 0 Å². The summed E-state index contributed by atoms with van der Waals surface area (Å²) in [6, 6.07) is 4.20. The highest BCUT2D eigenvalue weighted by atomic mass is 19.1. The maximum atomic E-state index is 13.6. The number of nitrogens with one attached hydrogen (secondary N) is 2. The van der Waals surface area contributed by atoms with Crippen LogP contribution in [-0.2, 0) is 30.3 Å². The third-order valence-electron chi connectivity index (χ3n) is 8.02. The molecular weight excluding hydrogens is 639 g/mol. The molecular formula is C35H41FN4O9. The molecule has 3 N–H and O–H groups in total. The van der Waals surface area contributed by atoms with Crippen molar-refractivity contribution in [3.63, 3.8) is 0 Å².